The number of hydrogen-bond acceptors (Lipinski definition) is 6. The Labute approximate surface area is 166 Å². The van der Waals surface area contributed by atoms with Gasteiger partial charge in [0.25, 0.3) is 0 Å². The van der Waals surface area contributed by atoms with Crippen LogP contribution in [0.15, 0.2) is 65.3 Å². The molecule has 0 aliphatic carbocycles. The zero-order chi connectivity index (χ0) is 19.7. The van der Waals surface area contributed by atoms with E-state index >= 15 is 0 Å². The van der Waals surface area contributed by atoms with E-state index in [4.69, 9.17) is 10.2 Å². The summed E-state index contributed by atoms with van der Waals surface area (Å²) in [7, 11) is 0. The maximum absolute atomic E-state index is 13.2. The van der Waals surface area contributed by atoms with E-state index in [0.29, 0.717) is 33.1 Å². The van der Waals surface area contributed by atoms with Gasteiger partial charge in [-0.1, -0.05) is 36.4 Å². The number of carbonyl (C=O) groups is 1. The fraction of sp³-hybridized carbons (Fsp3) is 0.0909. The van der Waals surface area contributed by atoms with Gasteiger partial charge in [0.05, 0.1) is 11.3 Å². The number of nitrogens with zero attached hydrogens (tertiary/aromatic N) is 2. The number of rotatable bonds is 5. The van der Waals surface area contributed by atoms with E-state index in [9.17, 15) is 10.1 Å². The van der Waals surface area contributed by atoms with E-state index < -0.39 is 0 Å². The molecule has 0 bridgehead atoms. The number of anilines is 3. The third-order valence-electron chi connectivity index (χ3n) is 4.60. The van der Waals surface area contributed by atoms with Gasteiger partial charge in [-0.15, -0.1) is 11.3 Å². The van der Waals surface area contributed by atoms with E-state index in [2.05, 4.69) is 6.07 Å². The lowest BCUT2D eigenvalue weighted by atomic mass is 10.1. The first-order chi connectivity index (χ1) is 13.7. The van der Waals surface area contributed by atoms with Crippen LogP contribution in [0.5, 0.6) is 0 Å². The summed E-state index contributed by atoms with van der Waals surface area (Å²) >= 11 is 1.24. The predicted octanol–water partition coefficient (Wildman–Crippen LogP) is 5.34. The molecule has 2 aromatic carbocycles. The second kappa shape index (κ2) is 7.22. The van der Waals surface area contributed by atoms with Crippen LogP contribution in [0.1, 0.15) is 27.7 Å². The Bertz CT molecular complexity index is 1200. The van der Waals surface area contributed by atoms with Gasteiger partial charge in [0.1, 0.15) is 33.4 Å². The molecule has 0 spiro atoms. The minimum atomic E-state index is -0.237. The third-order valence-corrected chi connectivity index (χ3v) is 5.83. The van der Waals surface area contributed by atoms with Crippen LogP contribution in [-0.4, -0.2) is 12.3 Å². The van der Waals surface area contributed by atoms with Crippen molar-refractivity contribution in [2.75, 3.05) is 17.2 Å². The van der Waals surface area contributed by atoms with Gasteiger partial charge in [-0.3, -0.25) is 4.79 Å². The van der Waals surface area contributed by atoms with Gasteiger partial charge in [-0.05, 0) is 25.1 Å². The van der Waals surface area contributed by atoms with Crippen molar-refractivity contribution in [1.29, 1.82) is 5.26 Å². The molecule has 0 amide bonds. The Balaban J connectivity index is 1.83. The molecule has 4 aromatic rings. The highest BCUT2D eigenvalue weighted by atomic mass is 32.1. The summed E-state index contributed by atoms with van der Waals surface area (Å²) in [5, 5.41) is 11.1. The quantitative estimate of drug-likeness (QED) is 0.468. The number of para-hydroxylation sites is 2. The molecule has 0 aliphatic rings. The molecule has 0 unspecified atom stereocenters. The van der Waals surface area contributed by atoms with Crippen molar-refractivity contribution in [3.8, 4) is 6.07 Å². The van der Waals surface area contributed by atoms with E-state index in [0.717, 1.165) is 11.1 Å². The molecule has 0 fully saturated rings. The van der Waals surface area contributed by atoms with Crippen LogP contribution in [0.2, 0.25) is 0 Å². The van der Waals surface area contributed by atoms with E-state index in [1.54, 1.807) is 0 Å². The van der Waals surface area contributed by atoms with Crippen LogP contribution in [0.3, 0.4) is 0 Å². The standard InChI is InChI=1S/C22H17N3O2S/c1-2-25(14-8-4-3-5-9-14)22-16(12-23)19(24)21(28-22)20(26)17-13-27-18-11-7-6-10-15(17)18/h3-11,13H,2,24H2,1H3. The van der Waals surface area contributed by atoms with Crippen LogP contribution < -0.4 is 10.6 Å². The minimum absolute atomic E-state index is 0.215. The molecule has 0 saturated heterocycles. The second-order valence-electron chi connectivity index (χ2n) is 6.19. The number of benzene rings is 2. The number of ketones is 1. The monoisotopic (exact) mass is 387 g/mol. The number of thiophene rings is 1. The lowest BCUT2D eigenvalue weighted by Crippen LogP contribution is -2.15. The summed E-state index contributed by atoms with van der Waals surface area (Å²) in [5.74, 6) is -0.237. The van der Waals surface area contributed by atoms with Gasteiger partial charge >= 0.3 is 0 Å². The molecule has 28 heavy (non-hydrogen) atoms. The molecule has 6 heteroatoms. The van der Waals surface area contributed by atoms with Crippen LogP contribution in [-0.2, 0) is 0 Å². The third kappa shape index (κ3) is 2.82. The lowest BCUT2D eigenvalue weighted by molar-refractivity contribution is 0.104. The average Bonchev–Trinajstić information content (AvgIpc) is 3.30. The zero-order valence-corrected chi connectivity index (χ0v) is 16.0. The summed E-state index contributed by atoms with van der Waals surface area (Å²) < 4.78 is 5.50. The van der Waals surface area contributed by atoms with Crippen LogP contribution in [0.4, 0.5) is 16.4 Å². The molecule has 4 rings (SSSR count). The Morgan fingerprint density at radius 3 is 2.61 bits per heavy atom. The summed E-state index contributed by atoms with van der Waals surface area (Å²) in [6, 6.07) is 19.3. The first-order valence-corrected chi connectivity index (χ1v) is 9.63. The number of fused-ring (bicyclic) bond motifs is 1. The maximum Gasteiger partial charge on any atom is 0.209 e. The number of furan rings is 1. The Morgan fingerprint density at radius 2 is 1.89 bits per heavy atom. The van der Waals surface area contributed by atoms with Crippen LogP contribution in [0, 0.1) is 11.3 Å². The number of nitrogen functional groups attached to an aromatic ring is 1. The highest BCUT2D eigenvalue weighted by Gasteiger charge is 2.27. The van der Waals surface area contributed by atoms with E-state index in [1.807, 2.05) is 66.4 Å². The summed E-state index contributed by atoms with van der Waals surface area (Å²) in [4.78, 5) is 15.6. The molecule has 0 aliphatic heterocycles. The molecule has 138 valence electrons. The first-order valence-electron chi connectivity index (χ1n) is 8.81. The van der Waals surface area contributed by atoms with Crippen molar-refractivity contribution in [3.05, 3.63) is 76.9 Å². The van der Waals surface area contributed by atoms with Crippen LogP contribution >= 0.6 is 11.3 Å². The molecule has 2 heterocycles. The summed E-state index contributed by atoms with van der Waals surface area (Å²) in [6.45, 7) is 2.63. The van der Waals surface area contributed by atoms with Gasteiger partial charge < -0.3 is 15.1 Å². The van der Waals surface area contributed by atoms with E-state index in [-0.39, 0.29) is 11.5 Å². The second-order valence-corrected chi connectivity index (χ2v) is 7.19. The number of hydrogen-bond donors (Lipinski definition) is 1. The van der Waals surface area contributed by atoms with Crippen LogP contribution in [0.25, 0.3) is 11.0 Å². The molecule has 2 N–H and O–H groups in total. The molecular weight excluding hydrogens is 370 g/mol. The number of carbonyl (C=O) groups excluding carboxylic acids is 1. The van der Waals surface area contributed by atoms with E-state index in [1.165, 1.54) is 17.6 Å². The van der Waals surface area contributed by atoms with Crippen molar-refractivity contribution in [2.45, 2.75) is 6.92 Å². The SMILES string of the molecule is CCN(c1ccccc1)c1sc(C(=O)c2coc3ccccc23)c(N)c1C#N. The van der Waals surface area contributed by atoms with Gasteiger partial charge in [-0.2, -0.15) is 5.26 Å². The topological polar surface area (TPSA) is 83.3 Å². The largest absolute Gasteiger partial charge is 0.464 e. The maximum atomic E-state index is 13.2. The number of nitriles is 1. The fourth-order valence-corrected chi connectivity index (χ4v) is 4.44. The highest BCUT2D eigenvalue weighted by molar-refractivity contribution is 7.19. The summed E-state index contributed by atoms with van der Waals surface area (Å²) in [6.07, 6.45) is 1.45. The molecule has 0 radical (unpaired) electrons. The van der Waals surface area contributed by atoms with Gasteiger partial charge in [0.15, 0.2) is 0 Å². The first kappa shape index (κ1) is 17.8. The molecular formula is C22H17N3O2S. The summed E-state index contributed by atoms with van der Waals surface area (Å²) in [5.41, 5.74) is 8.81. The van der Waals surface area contributed by atoms with Gasteiger partial charge in [0, 0.05) is 17.6 Å². The molecule has 0 saturated carbocycles. The molecule has 2 aromatic heterocycles. The van der Waals surface area contributed by atoms with Gasteiger partial charge in [0.2, 0.25) is 5.78 Å². The van der Waals surface area contributed by atoms with Gasteiger partial charge in [-0.25, -0.2) is 0 Å². The zero-order valence-electron chi connectivity index (χ0n) is 15.2. The Hall–Kier alpha value is -3.56. The average molecular weight is 387 g/mol. The number of nitrogens with two attached hydrogens (primary N) is 1. The minimum Gasteiger partial charge on any atom is -0.464 e. The fourth-order valence-electron chi connectivity index (χ4n) is 3.23. The van der Waals surface area contributed by atoms with Crippen molar-refractivity contribution in [2.24, 2.45) is 0 Å². The Kier molecular flexibility index (Phi) is 4.60. The highest BCUT2D eigenvalue weighted by Crippen LogP contribution is 2.42. The normalized spacial score (nSPS) is 10.7. The molecule has 5 nitrogen and oxygen atoms in total. The van der Waals surface area contributed by atoms with Crippen molar-refractivity contribution < 1.29 is 9.21 Å². The molecule has 0 atom stereocenters. The lowest BCUT2D eigenvalue weighted by Gasteiger charge is -2.21. The Morgan fingerprint density at radius 1 is 1.18 bits per heavy atom. The van der Waals surface area contributed by atoms with Crippen molar-refractivity contribution in [3.63, 3.8) is 0 Å². The van der Waals surface area contributed by atoms with Crippen molar-refractivity contribution in [1.82, 2.24) is 0 Å². The van der Waals surface area contributed by atoms with Crippen molar-refractivity contribution >= 4 is 44.5 Å². The predicted molar refractivity (Wildman–Crippen MR) is 112 cm³/mol. The smallest absolute Gasteiger partial charge is 0.209 e.